The molecular formula is C50H36N2O2. The molecule has 0 atom stereocenters. The topological polar surface area (TPSA) is 78.3 Å². The lowest BCUT2D eigenvalue weighted by Gasteiger charge is -2.13. The van der Waals surface area contributed by atoms with Crippen molar-refractivity contribution in [2.45, 2.75) is 13.0 Å². The van der Waals surface area contributed by atoms with Crippen molar-refractivity contribution in [3.8, 4) is 22.3 Å². The second-order valence-corrected chi connectivity index (χ2v) is 13.9. The molecule has 9 aromatic carbocycles. The number of hydrogen-bond acceptors (Lipinski definition) is 4. The zero-order valence-electron chi connectivity index (χ0n) is 29.6. The van der Waals surface area contributed by atoms with Gasteiger partial charge in [0.15, 0.2) is 0 Å². The molecule has 0 radical (unpaired) electrons. The first-order chi connectivity index (χ1) is 26.6. The molecule has 258 valence electrons. The van der Waals surface area contributed by atoms with Crippen LogP contribution in [0.4, 0.5) is 5.69 Å². The van der Waals surface area contributed by atoms with Crippen LogP contribution in [0.15, 0.2) is 179 Å². The summed E-state index contributed by atoms with van der Waals surface area (Å²) in [5, 5.41) is 9.55. The fraction of sp³-hybridized carbons (Fsp3) is 0.0400. The molecule has 0 bridgehead atoms. The first-order valence-electron chi connectivity index (χ1n) is 18.3. The molecule has 11 aromatic rings. The van der Waals surface area contributed by atoms with Gasteiger partial charge in [-0.05, 0) is 103 Å². The van der Waals surface area contributed by atoms with Crippen molar-refractivity contribution >= 4 is 71.1 Å². The number of para-hydroxylation sites is 1. The largest absolute Gasteiger partial charge is 0.456 e. The van der Waals surface area contributed by atoms with E-state index in [-0.39, 0.29) is 0 Å². The summed E-state index contributed by atoms with van der Waals surface area (Å²) in [6, 6.07) is 59.0. The Bertz CT molecular complexity index is 3120. The standard InChI is InChI=1S/C31H19NO2.C19H17N/c32-16-18-5-1-10-24-28(18)22-14-13-17(15-27(22)34-24)19-6-2-7-20-21-8-3-11-25-30(21)31-23(29(19)20)9-4-12-26(31)33-25;20-19-9-5-4-8-18(19)14-15-10-12-17(13-11-15)16-6-2-1-3-7-16/h1-15H,16,32H2;1-13H,14,20H2. The van der Waals surface area contributed by atoms with Crippen molar-refractivity contribution < 1.29 is 8.83 Å². The second kappa shape index (κ2) is 13.0. The summed E-state index contributed by atoms with van der Waals surface area (Å²) in [6.45, 7) is 0.489. The SMILES string of the molecule is NCc1cccc2oc3cc(-c4cccc5c6cccc7oc8cccc(c45)c8c76)ccc3c12.Nc1ccccc1Cc1ccc(-c2ccccc2)cc1. The summed E-state index contributed by atoms with van der Waals surface area (Å²) in [5.41, 5.74) is 24.9. The Labute approximate surface area is 312 Å². The first-order valence-corrected chi connectivity index (χ1v) is 18.3. The van der Waals surface area contributed by atoms with E-state index in [1.54, 1.807) is 0 Å². The number of nitrogen functional groups attached to an aromatic ring is 1. The molecule has 4 N–H and O–H groups in total. The predicted octanol–water partition coefficient (Wildman–Crippen LogP) is 12.9. The molecule has 0 aliphatic carbocycles. The molecule has 0 aliphatic heterocycles. The average Bonchev–Trinajstić information content (AvgIpc) is 3.81. The van der Waals surface area contributed by atoms with Crippen molar-refractivity contribution in [1.29, 1.82) is 0 Å². The van der Waals surface area contributed by atoms with E-state index in [1.807, 2.05) is 36.4 Å². The van der Waals surface area contributed by atoms with Crippen molar-refractivity contribution in [2.24, 2.45) is 5.73 Å². The highest BCUT2D eigenvalue weighted by Gasteiger charge is 2.19. The molecule has 4 heteroatoms. The molecule has 0 spiro atoms. The normalized spacial score (nSPS) is 11.6. The Morgan fingerprint density at radius 2 is 0.963 bits per heavy atom. The Balaban J connectivity index is 0.000000154. The van der Waals surface area contributed by atoms with Crippen molar-refractivity contribution in [1.82, 2.24) is 0 Å². The van der Waals surface area contributed by atoms with E-state index in [0.29, 0.717) is 6.54 Å². The van der Waals surface area contributed by atoms with Crippen LogP contribution in [0.25, 0.3) is 87.7 Å². The lowest BCUT2D eigenvalue weighted by molar-refractivity contribution is 0.668. The smallest absolute Gasteiger partial charge is 0.136 e. The maximum atomic E-state index is 6.28. The molecule has 2 aromatic heterocycles. The van der Waals surface area contributed by atoms with E-state index in [2.05, 4.69) is 133 Å². The summed E-state index contributed by atoms with van der Waals surface area (Å²) in [6.07, 6.45) is 0.877. The molecule has 11 rings (SSSR count). The molecule has 54 heavy (non-hydrogen) atoms. The minimum Gasteiger partial charge on any atom is -0.456 e. The summed E-state index contributed by atoms with van der Waals surface area (Å²) < 4.78 is 12.5. The Morgan fingerprint density at radius 1 is 0.389 bits per heavy atom. The molecule has 0 unspecified atom stereocenters. The minimum absolute atomic E-state index is 0.489. The lowest BCUT2D eigenvalue weighted by Crippen LogP contribution is -1.95. The molecule has 0 saturated carbocycles. The molecule has 4 nitrogen and oxygen atoms in total. The van der Waals surface area contributed by atoms with E-state index in [9.17, 15) is 0 Å². The fourth-order valence-corrected chi connectivity index (χ4v) is 8.20. The monoisotopic (exact) mass is 696 g/mol. The first kappa shape index (κ1) is 31.8. The second-order valence-electron chi connectivity index (χ2n) is 13.9. The average molecular weight is 697 g/mol. The van der Waals surface area contributed by atoms with Gasteiger partial charge in [0.05, 0.1) is 0 Å². The van der Waals surface area contributed by atoms with Crippen molar-refractivity contribution in [3.05, 3.63) is 187 Å². The van der Waals surface area contributed by atoms with E-state index >= 15 is 0 Å². The number of fused-ring (bicyclic) bond motifs is 6. The van der Waals surface area contributed by atoms with Gasteiger partial charge in [-0.1, -0.05) is 133 Å². The van der Waals surface area contributed by atoms with Gasteiger partial charge in [-0.15, -0.1) is 0 Å². The molecule has 0 fully saturated rings. The fourth-order valence-electron chi connectivity index (χ4n) is 8.20. The summed E-state index contributed by atoms with van der Waals surface area (Å²) in [7, 11) is 0. The zero-order valence-corrected chi connectivity index (χ0v) is 29.6. The number of rotatable bonds is 5. The van der Waals surface area contributed by atoms with E-state index < -0.39 is 0 Å². The van der Waals surface area contributed by atoms with E-state index in [1.165, 1.54) is 60.1 Å². The van der Waals surface area contributed by atoms with Crippen LogP contribution >= 0.6 is 0 Å². The van der Waals surface area contributed by atoms with Gasteiger partial charge in [-0.2, -0.15) is 0 Å². The zero-order chi connectivity index (χ0) is 36.2. The van der Waals surface area contributed by atoms with Crippen LogP contribution in [0.3, 0.4) is 0 Å². The highest BCUT2D eigenvalue weighted by molar-refractivity contribution is 6.35. The Morgan fingerprint density at radius 3 is 1.72 bits per heavy atom. The highest BCUT2D eigenvalue weighted by Crippen LogP contribution is 2.45. The van der Waals surface area contributed by atoms with Crippen LogP contribution in [0.2, 0.25) is 0 Å². The van der Waals surface area contributed by atoms with Crippen LogP contribution in [-0.4, -0.2) is 0 Å². The molecular weight excluding hydrogens is 661 g/mol. The Kier molecular flexibility index (Phi) is 7.64. The maximum absolute atomic E-state index is 6.28. The number of furan rings is 2. The number of benzene rings is 9. The van der Waals surface area contributed by atoms with E-state index in [0.717, 1.165) is 56.3 Å². The van der Waals surface area contributed by atoms with Gasteiger partial charge in [-0.25, -0.2) is 0 Å². The summed E-state index contributed by atoms with van der Waals surface area (Å²) in [4.78, 5) is 0. The van der Waals surface area contributed by atoms with Crippen LogP contribution < -0.4 is 11.5 Å². The molecule has 0 amide bonds. The number of hydrogen-bond donors (Lipinski definition) is 2. The van der Waals surface area contributed by atoms with Crippen LogP contribution in [-0.2, 0) is 13.0 Å². The van der Waals surface area contributed by atoms with Gasteiger partial charge in [0.1, 0.15) is 22.3 Å². The van der Waals surface area contributed by atoms with Gasteiger partial charge in [0, 0.05) is 33.8 Å². The quantitative estimate of drug-likeness (QED) is 0.139. The minimum atomic E-state index is 0.489. The number of nitrogens with two attached hydrogens (primary N) is 2. The molecule has 0 aliphatic rings. The third-order valence-electron chi connectivity index (χ3n) is 10.8. The van der Waals surface area contributed by atoms with E-state index in [4.69, 9.17) is 20.3 Å². The van der Waals surface area contributed by atoms with Crippen LogP contribution in [0.1, 0.15) is 16.7 Å². The third-order valence-corrected chi connectivity index (χ3v) is 10.8. The third kappa shape index (κ3) is 5.27. The van der Waals surface area contributed by atoms with Crippen LogP contribution in [0.5, 0.6) is 0 Å². The van der Waals surface area contributed by atoms with Gasteiger partial charge >= 0.3 is 0 Å². The predicted molar refractivity (Wildman–Crippen MR) is 226 cm³/mol. The van der Waals surface area contributed by atoms with Gasteiger partial charge in [0.25, 0.3) is 0 Å². The molecule has 2 heterocycles. The highest BCUT2D eigenvalue weighted by atomic mass is 16.3. The van der Waals surface area contributed by atoms with Crippen molar-refractivity contribution in [3.63, 3.8) is 0 Å². The summed E-state index contributed by atoms with van der Waals surface area (Å²) in [5.74, 6) is 0. The lowest BCUT2D eigenvalue weighted by atomic mass is 9.89. The van der Waals surface area contributed by atoms with Gasteiger partial charge in [-0.3, -0.25) is 0 Å². The Hall–Kier alpha value is -6.88. The molecule has 0 saturated heterocycles. The number of anilines is 1. The van der Waals surface area contributed by atoms with Gasteiger partial charge < -0.3 is 20.3 Å². The van der Waals surface area contributed by atoms with Crippen LogP contribution in [0, 0.1) is 0 Å². The maximum Gasteiger partial charge on any atom is 0.136 e. The van der Waals surface area contributed by atoms with Gasteiger partial charge in [0.2, 0.25) is 0 Å². The van der Waals surface area contributed by atoms with Crippen molar-refractivity contribution in [2.75, 3.05) is 5.73 Å². The summed E-state index contributed by atoms with van der Waals surface area (Å²) >= 11 is 0.